The number of thiazole rings is 1. The number of aryl methyl sites for hydroxylation is 1. The number of nitrogens with zero attached hydrogens (tertiary/aromatic N) is 1. The maximum atomic E-state index is 4.78. The zero-order chi connectivity index (χ0) is 12.1. The molecule has 4 heteroatoms. The SMILES string of the molecule is CCCc1nc(Cc2cccs2)sc1CNC. The van der Waals surface area contributed by atoms with Crippen molar-refractivity contribution in [2.75, 3.05) is 7.05 Å². The number of nitrogens with one attached hydrogen (secondary N) is 1. The molecule has 1 N–H and O–H groups in total. The highest BCUT2D eigenvalue weighted by molar-refractivity contribution is 7.12. The Bertz CT molecular complexity index is 422. The van der Waals surface area contributed by atoms with Crippen molar-refractivity contribution in [1.82, 2.24) is 10.3 Å². The second-order valence-corrected chi connectivity index (χ2v) is 6.21. The third-order valence-corrected chi connectivity index (χ3v) is 4.53. The number of aromatic nitrogens is 1. The van der Waals surface area contributed by atoms with Crippen molar-refractivity contribution in [3.05, 3.63) is 38.0 Å². The molecule has 0 aromatic carbocycles. The number of thiophene rings is 1. The quantitative estimate of drug-likeness (QED) is 0.866. The van der Waals surface area contributed by atoms with Gasteiger partial charge < -0.3 is 5.32 Å². The summed E-state index contributed by atoms with van der Waals surface area (Å²) >= 11 is 3.67. The van der Waals surface area contributed by atoms with Crippen LogP contribution in [0.15, 0.2) is 17.5 Å². The molecule has 0 unspecified atom stereocenters. The van der Waals surface area contributed by atoms with E-state index < -0.39 is 0 Å². The van der Waals surface area contributed by atoms with Crippen LogP contribution in [0.25, 0.3) is 0 Å². The Morgan fingerprint density at radius 3 is 2.94 bits per heavy atom. The van der Waals surface area contributed by atoms with E-state index in [4.69, 9.17) is 4.98 Å². The predicted octanol–water partition coefficient (Wildman–Crippen LogP) is 3.47. The minimum Gasteiger partial charge on any atom is -0.315 e. The van der Waals surface area contributed by atoms with Gasteiger partial charge in [0.05, 0.1) is 10.7 Å². The van der Waals surface area contributed by atoms with Gasteiger partial charge in [-0.05, 0) is 24.9 Å². The molecular weight excluding hydrogens is 248 g/mol. The van der Waals surface area contributed by atoms with Gasteiger partial charge in [-0.1, -0.05) is 19.4 Å². The van der Waals surface area contributed by atoms with Gasteiger partial charge in [0.1, 0.15) is 0 Å². The van der Waals surface area contributed by atoms with E-state index >= 15 is 0 Å². The van der Waals surface area contributed by atoms with Gasteiger partial charge in [-0.25, -0.2) is 4.98 Å². The van der Waals surface area contributed by atoms with Crippen LogP contribution in [0.4, 0.5) is 0 Å². The maximum absolute atomic E-state index is 4.78. The third kappa shape index (κ3) is 3.37. The van der Waals surface area contributed by atoms with E-state index in [1.54, 1.807) is 0 Å². The normalized spacial score (nSPS) is 10.9. The monoisotopic (exact) mass is 266 g/mol. The minimum absolute atomic E-state index is 0.942. The van der Waals surface area contributed by atoms with Crippen LogP contribution in [0.3, 0.4) is 0 Å². The molecule has 2 nitrogen and oxygen atoms in total. The molecule has 2 heterocycles. The molecule has 0 aliphatic rings. The van der Waals surface area contributed by atoms with Crippen molar-refractivity contribution in [3.63, 3.8) is 0 Å². The summed E-state index contributed by atoms with van der Waals surface area (Å²) in [4.78, 5) is 7.58. The zero-order valence-electron chi connectivity index (χ0n) is 10.3. The molecule has 92 valence electrons. The summed E-state index contributed by atoms with van der Waals surface area (Å²) < 4.78 is 0. The Morgan fingerprint density at radius 1 is 1.41 bits per heavy atom. The standard InChI is InChI=1S/C13H18N2S2/c1-3-5-11-12(9-14-2)17-13(15-11)8-10-6-4-7-16-10/h4,6-7,14H,3,5,8-9H2,1-2H3. The van der Waals surface area contributed by atoms with E-state index in [-0.39, 0.29) is 0 Å². The van der Waals surface area contributed by atoms with Crippen LogP contribution in [0.2, 0.25) is 0 Å². The Labute approximate surface area is 111 Å². The van der Waals surface area contributed by atoms with E-state index in [1.165, 1.54) is 26.9 Å². The van der Waals surface area contributed by atoms with Crippen molar-refractivity contribution < 1.29 is 0 Å². The van der Waals surface area contributed by atoms with Gasteiger partial charge in [-0.2, -0.15) is 0 Å². The molecule has 0 radical (unpaired) electrons. The largest absolute Gasteiger partial charge is 0.315 e. The first-order chi connectivity index (χ1) is 8.33. The lowest BCUT2D eigenvalue weighted by Crippen LogP contribution is -2.05. The number of rotatable bonds is 6. The van der Waals surface area contributed by atoms with Gasteiger partial charge in [0, 0.05) is 22.7 Å². The zero-order valence-corrected chi connectivity index (χ0v) is 12.0. The predicted molar refractivity (Wildman–Crippen MR) is 76.0 cm³/mol. The van der Waals surface area contributed by atoms with Gasteiger partial charge in [0.25, 0.3) is 0 Å². The first-order valence-corrected chi connectivity index (χ1v) is 7.67. The minimum atomic E-state index is 0.942. The van der Waals surface area contributed by atoms with Crippen LogP contribution in [-0.4, -0.2) is 12.0 Å². The molecule has 2 aromatic rings. The molecule has 0 atom stereocenters. The Balaban J connectivity index is 2.14. The fourth-order valence-electron chi connectivity index (χ4n) is 1.81. The van der Waals surface area contributed by atoms with Crippen LogP contribution in [-0.2, 0) is 19.4 Å². The second kappa shape index (κ2) is 6.28. The van der Waals surface area contributed by atoms with Gasteiger partial charge in [0.15, 0.2) is 0 Å². The third-order valence-electron chi connectivity index (χ3n) is 2.55. The van der Waals surface area contributed by atoms with Crippen LogP contribution in [0.1, 0.15) is 33.8 Å². The molecule has 0 saturated heterocycles. The lowest BCUT2D eigenvalue weighted by Gasteiger charge is -1.98. The molecule has 0 bridgehead atoms. The van der Waals surface area contributed by atoms with Gasteiger partial charge in [-0.3, -0.25) is 0 Å². The topological polar surface area (TPSA) is 24.9 Å². The highest BCUT2D eigenvalue weighted by Gasteiger charge is 2.10. The van der Waals surface area contributed by atoms with Crippen LogP contribution >= 0.6 is 22.7 Å². The fourth-order valence-corrected chi connectivity index (χ4v) is 3.76. The van der Waals surface area contributed by atoms with Crippen molar-refractivity contribution in [1.29, 1.82) is 0 Å². The van der Waals surface area contributed by atoms with Crippen molar-refractivity contribution >= 4 is 22.7 Å². The highest BCUT2D eigenvalue weighted by Crippen LogP contribution is 2.23. The smallest absolute Gasteiger partial charge is 0.0983 e. The first kappa shape index (κ1) is 12.7. The summed E-state index contributed by atoms with van der Waals surface area (Å²) in [6, 6.07) is 4.29. The molecule has 0 aliphatic carbocycles. The Morgan fingerprint density at radius 2 is 2.29 bits per heavy atom. The molecule has 0 saturated carbocycles. The van der Waals surface area contributed by atoms with E-state index in [0.29, 0.717) is 0 Å². The molecule has 17 heavy (non-hydrogen) atoms. The van der Waals surface area contributed by atoms with E-state index in [9.17, 15) is 0 Å². The molecule has 0 amide bonds. The molecule has 0 aliphatic heterocycles. The number of hydrogen-bond donors (Lipinski definition) is 1. The van der Waals surface area contributed by atoms with Gasteiger partial charge >= 0.3 is 0 Å². The van der Waals surface area contributed by atoms with Crippen molar-refractivity contribution in [2.45, 2.75) is 32.7 Å². The van der Waals surface area contributed by atoms with Crippen LogP contribution in [0, 0.1) is 0 Å². The summed E-state index contributed by atoms with van der Waals surface area (Å²) in [5.41, 5.74) is 1.29. The summed E-state index contributed by atoms with van der Waals surface area (Å²) in [5.74, 6) is 0. The first-order valence-electron chi connectivity index (χ1n) is 5.98. The average molecular weight is 266 g/mol. The van der Waals surface area contributed by atoms with Crippen LogP contribution in [0.5, 0.6) is 0 Å². The van der Waals surface area contributed by atoms with Gasteiger partial charge in [0.2, 0.25) is 0 Å². The molecular formula is C13H18N2S2. The molecule has 2 rings (SSSR count). The average Bonchev–Trinajstić information content (AvgIpc) is 2.91. The Kier molecular flexibility index (Phi) is 4.71. The fraction of sp³-hybridized carbons (Fsp3) is 0.462. The molecule has 0 spiro atoms. The summed E-state index contributed by atoms with van der Waals surface area (Å²) in [6.45, 7) is 3.15. The molecule has 0 fully saturated rings. The lowest BCUT2D eigenvalue weighted by atomic mass is 10.2. The van der Waals surface area contributed by atoms with E-state index in [0.717, 1.165) is 19.4 Å². The highest BCUT2D eigenvalue weighted by atomic mass is 32.1. The second-order valence-electron chi connectivity index (χ2n) is 4.01. The molecule has 2 aromatic heterocycles. The van der Waals surface area contributed by atoms with Crippen molar-refractivity contribution in [3.8, 4) is 0 Å². The summed E-state index contributed by atoms with van der Waals surface area (Å²) in [5, 5.41) is 6.61. The van der Waals surface area contributed by atoms with E-state index in [1.807, 2.05) is 29.7 Å². The lowest BCUT2D eigenvalue weighted by molar-refractivity contribution is 0.796. The van der Waals surface area contributed by atoms with Gasteiger partial charge in [-0.15, -0.1) is 22.7 Å². The van der Waals surface area contributed by atoms with E-state index in [2.05, 4.69) is 29.8 Å². The Hall–Kier alpha value is -0.710. The maximum Gasteiger partial charge on any atom is 0.0983 e. The summed E-state index contributed by atoms with van der Waals surface area (Å²) in [6.07, 6.45) is 3.25. The number of hydrogen-bond acceptors (Lipinski definition) is 4. The summed E-state index contributed by atoms with van der Waals surface area (Å²) in [7, 11) is 1.99. The van der Waals surface area contributed by atoms with Crippen LogP contribution < -0.4 is 5.32 Å². The van der Waals surface area contributed by atoms with Crippen molar-refractivity contribution in [2.24, 2.45) is 0 Å².